The van der Waals surface area contributed by atoms with Gasteiger partial charge in [-0.05, 0) is 17.3 Å². The second-order valence-corrected chi connectivity index (χ2v) is 4.43. The molecule has 0 unspecified atom stereocenters. The van der Waals surface area contributed by atoms with Gasteiger partial charge in [0.1, 0.15) is 6.61 Å². The van der Waals surface area contributed by atoms with Crippen LogP contribution >= 0.6 is 11.8 Å². The second kappa shape index (κ2) is 5.50. The zero-order valence-electron chi connectivity index (χ0n) is 9.21. The van der Waals surface area contributed by atoms with Gasteiger partial charge in [-0.1, -0.05) is 30.3 Å². The largest absolute Gasteiger partial charge is 0.452 e. The molecule has 0 spiro atoms. The average Bonchev–Trinajstić information content (AvgIpc) is 2.67. The number of amides is 2. The van der Waals surface area contributed by atoms with Crippen molar-refractivity contribution in [3.63, 3.8) is 0 Å². The van der Waals surface area contributed by atoms with Crippen LogP contribution in [0, 0.1) is 0 Å². The molecule has 2 amide bonds. The molecule has 0 aliphatic carbocycles. The minimum absolute atomic E-state index is 0.0538. The summed E-state index contributed by atoms with van der Waals surface area (Å²) in [6.45, 7) is 0.134. The molecule has 1 aromatic carbocycles. The summed E-state index contributed by atoms with van der Waals surface area (Å²) in [6.07, 6.45) is 1.08. The highest BCUT2D eigenvalue weighted by Gasteiger charge is 2.24. The van der Waals surface area contributed by atoms with Gasteiger partial charge < -0.3 is 4.74 Å². The third kappa shape index (κ3) is 3.21. The molecule has 0 saturated carbocycles. The molecule has 1 aliphatic heterocycles. The molecule has 1 heterocycles. The highest BCUT2D eigenvalue weighted by Crippen LogP contribution is 2.21. The summed E-state index contributed by atoms with van der Waals surface area (Å²) >= 11 is 0.605. The van der Waals surface area contributed by atoms with E-state index in [2.05, 4.69) is 0 Å². The Balaban J connectivity index is 1.85. The van der Waals surface area contributed by atoms with Crippen molar-refractivity contribution >= 4 is 28.9 Å². The van der Waals surface area contributed by atoms with Crippen molar-refractivity contribution in [2.45, 2.75) is 6.61 Å². The molecule has 0 saturated heterocycles. The van der Waals surface area contributed by atoms with E-state index in [1.165, 1.54) is 0 Å². The molecule has 0 fully saturated rings. The highest BCUT2D eigenvalue weighted by atomic mass is 32.2. The first-order valence-electron chi connectivity index (χ1n) is 5.11. The van der Waals surface area contributed by atoms with Gasteiger partial charge in [-0.3, -0.25) is 14.9 Å². The van der Waals surface area contributed by atoms with Crippen LogP contribution in [0.25, 0.3) is 0 Å². The van der Waals surface area contributed by atoms with Gasteiger partial charge in [0.2, 0.25) is 0 Å². The first kappa shape index (κ1) is 12.4. The first-order chi connectivity index (χ1) is 8.65. The molecule has 0 atom stereocenters. The number of hydrogen-bond donors (Lipinski definition) is 1. The maximum atomic E-state index is 11.4. The van der Waals surface area contributed by atoms with Crippen LogP contribution in [-0.2, 0) is 20.9 Å². The van der Waals surface area contributed by atoms with Crippen molar-refractivity contribution in [2.24, 2.45) is 0 Å². The van der Waals surface area contributed by atoms with Crippen LogP contribution in [0.1, 0.15) is 5.56 Å². The molecule has 1 aliphatic rings. The monoisotopic (exact) mass is 263 g/mol. The number of thioether (sulfide) groups is 1. The summed E-state index contributed by atoms with van der Waals surface area (Å²) < 4.78 is 4.97. The number of ether oxygens (including phenoxy) is 1. The quantitative estimate of drug-likeness (QED) is 0.662. The smallest absolute Gasteiger partial charge is 0.372 e. The average molecular weight is 263 g/mol. The molecule has 2 rings (SSSR count). The fourth-order valence-electron chi connectivity index (χ4n) is 1.31. The summed E-state index contributed by atoms with van der Waals surface area (Å²) in [6, 6.07) is 9.18. The van der Waals surface area contributed by atoms with E-state index in [0.29, 0.717) is 11.8 Å². The van der Waals surface area contributed by atoms with Gasteiger partial charge in [-0.2, -0.15) is 0 Å². The summed E-state index contributed by atoms with van der Waals surface area (Å²) in [7, 11) is 0. The predicted molar refractivity (Wildman–Crippen MR) is 65.5 cm³/mol. The van der Waals surface area contributed by atoms with Crippen LogP contribution < -0.4 is 5.32 Å². The lowest BCUT2D eigenvalue weighted by molar-refractivity contribution is -0.123. The Kier molecular flexibility index (Phi) is 3.78. The molecule has 1 aromatic rings. The molecule has 0 aromatic heterocycles. The molecular weight excluding hydrogens is 254 g/mol. The summed E-state index contributed by atoms with van der Waals surface area (Å²) in [4.78, 5) is 33.5. The van der Waals surface area contributed by atoms with Crippen LogP contribution in [0.5, 0.6) is 0 Å². The lowest BCUT2D eigenvalue weighted by atomic mass is 10.2. The Morgan fingerprint density at radius 2 is 1.94 bits per heavy atom. The fourth-order valence-corrected chi connectivity index (χ4v) is 1.91. The lowest BCUT2D eigenvalue weighted by Gasteiger charge is -2.03. The van der Waals surface area contributed by atoms with Gasteiger partial charge in [0.25, 0.3) is 11.8 Å². The SMILES string of the molecule is O=C1C=C(SC(=O)OCc2ccccc2)C(=O)N1. The minimum atomic E-state index is -0.616. The zero-order valence-corrected chi connectivity index (χ0v) is 10.0. The number of hydrogen-bond acceptors (Lipinski definition) is 5. The topological polar surface area (TPSA) is 72.5 Å². The molecule has 6 heteroatoms. The van der Waals surface area contributed by atoms with E-state index in [9.17, 15) is 14.4 Å². The maximum absolute atomic E-state index is 11.4. The standard InChI is InChI=1S/C12H9NO4S/c14-10-6-9(11(15)13-10)18-12(16)17-7-8-4-2-1-3-5-8/h1-6H,7H2,(H,13,14,15). The van der Waals surface area contributed by atoms with E-state index in [4.69, 9.17) is 4.74 Å². The van der Waals surface area contributed by atoms with Crippen molar-refractivity contribution < 1.29 is 19.1 Å². The van der Waals surface area contributed by atoms with E-state index in [1.54, 1.807) is 0 Å². The zero-order chi connectivity index (χ0) is 13.0. The van der Waals surface area contributed by atoms with E-state index in [-0.39, 0.29) is 11.5 Å². The van der Waals surface area contributed by atoms with E-state index >= 15 is 0 Å². The van der Waals surface area contributed by atoms with Crippen molar-refractivity contribution in [3.05, 3.63) is 46.9 Å². The first-order valence-corrected chi connectivity index (χ1v) is 5.92. The Hall–Kier alpha value is -2.08. The molecule has 0 bridgehead atoms. The van der Waals surface area contributed by atoms with Gasteiger partial charge >= 0.3 is 5.30 Å². The maximum Gasteiger partial charge on any atom is 0.372 e. The highest BCUT2D eigenvalue weighted by molar-refractivity contribution is 8.17. The molecule has 1 N–H and O–H groups in total. The summed E-state index contributed by atoms with van der Waals surface area (Å²) in [5.74, 6) is -1.08. The Bertz CT molecular complexity index is 524. The predicted octanol–water partition coefficient (Wildman–Crippen LogP) is 1.60. The van der Waals surface area contributed by atoms with Gasteiger partial charge in [-0.25, -0.2) is 4.79 Å². The number of carbonyl (C=O) groups is 3. The number of benzene rings is 1. The van der Waals surface area contributed by atoms with Crippen LogP contribution in [0.2, 0.25) is 0 Å². The van der Waals surface area contributed by atoms with E-state index in [0.717, 1.165) is 11.6 Å². The van der Waals surface area contributed by atoms with Gasteiger partial charge in [0.05, 0.1) is 4.91 Å². The van der Waals surface area contributed by atoms with Gasteiger partial charge in [0.15, 0.2) is 0 Å². The van der Waals surface area contributed by atoms with E-state index < -0.39 is 17.1 Å². The minimum Gasteiger partial charge on any atom is -0.452 e. The molecule has 92 valence electrons. The Morgan fingerprint density at radius 1 is 1.22 bits per heavy atom. The lowest BCUT2D eigenvalue weighted by Crippen LogP contribution is -2.21. The van der Waals surface area contributed by atoms with Gasteiger partial charge in [0, 0.05) is 6.08 Å². The number of imide groups is 1. The second-order valence-electron chi connectivity index (χ2n) is 3.45. The fraction of sp³-hybridized carbons (Fsp3) is 0.0833. The van der Waals surface area contributed by atoms with Crippen LogP contribution in [0.4, 0.5) is 4.79 Å². The van der Waals surface area contributed by atoms with Crippen LogP contribution in [-0.4, -0.2) is 17.1 Å². The van der Waals surface area contributed by atoms with Crippen molar-refractivity contribution in [1.29, 1.82) is 0 Å². The molecule has 0 radical (unpaired) electrons. The normalized spacial score (nSPS) is 14.1. The summed E-state index contributed by atoms with van der Waals surface area (Å²) in [5, 5.41) is 1.43. The molecule has 5 nitrogen and oxygen atoms in total. The number of rotatable bonds is 3. The Labute approximate surface area is 107 Å². The van der Waals surface area contributed by atoms with Crippen molar-refractivity contribution in [2.75, 3.05) is 0 Å². The van der Waals surface area contributed by atoms with Crippen molar-refractivity contribution in [3.8, 4) is 0 Å². The van der Waals surface area contributed by atoms with Crippen LogP contribution in [0.15, 0.2) is 41.3 Å². The third-order valence-electron chi connectivity index (χ3n) is 2.12. The van der Waals surface area contributed by atoms with Crippen molar-refractivity contribution in [1.82, 2.24) is 5.32 Å². The number of nitrogens with one attached hydrogen (secondary N) is 1. The van der Waals surface area contributed by atoms with Gasteiger partial charge in [-0.15, -0.1) is 0 Å². The van der Waals surface area contributed by atoms with E-state index in [1.807, 2.05) is 35.6 Å². The third-order valence-corrected chi connectivity index (χ3v) is 2.92. The Morgan fingerprint density at radius 3 is 2.56 bits per heavy atom. The van der Waals surface area contributed by atoms with Crippen LogP contribution in [0.3, 0.4) is 0 Å². The summed E-state index contributed by atoms with van der Waals surface area (Å²) in [5.41, 5.74) is 0.854. The molecular formula is C12H9NO4S. The molecule has 18 heavy (non-hydrogen) atoms. The number of carbonyl (C=O) groups excluding carboxylic acids is 3.